The molecule has 2 heterocycles. The molecule has 2 rings (SSSR count). The fraction of sp³-hybridized carbons (Fsp3) is 0.600. The third kappa shape index (κ3) is 1.92. The number of likely N-dealkylation sites (tertiary alicyclic amines) is 1. The topological polar surface area (TPSA) is 42.4 Å². The first-order valence-corrected chi connectivity index (χ1v) is 4.85. The summed E-state index contributed by atoms with van der Waals surface area (Å²) in [7, 11) is 0. The number of rotatable bonds is 3. The Bertz CT molecular complexity index is 245. The molecule has 1 aliphatic heterocycles. The van der Waals surface area contributed by atoms with Gasteiger partial charge in [-0.25, -0.2) is 0 Å². The summed E-state index contributed by atoms with van der Waals surface area (Å²) in [5.41, 5.74) is 6.94. The highest BCUT2D eigenvalue weighted by atomic mass is 16.3. The van der Waals surface area contributed by atoms with Crippen molar-refractivity contribution in [3.05, 3.63) is 24.2 Å². The SMILES string of the molecule is NCC1CCCN1Cc1ccoc1. The van der Waals surface area contributed by atoms with E-state index in [9.17, 15) is 0 Å². The van der Waals surface area contributed by atoms with E-state index in [-0.39, 0.29) is 0 Å². The summed E-state index contributed by atoms with van der Waals surface area (Å²) in [6, 6.07) is 2.60. The van der Waals surface area contributed by atoms with Crippen LogP contribution in [0.15, 0.2) is 23.0 Å². The molecule has 0 bridgehead atoms. The molecule has 1 fully saturated rings. The zero-order chi connectivity index (χ0) is 9.10. The van der Waals surface area contributed by atoms with Crippen LogP contribution in [-0.2, 0) is 6.54 Å². The molecule has 1 unspecified atom stereocenters. The average Bonchev–Trinajstić information content (AvgIpc) is 2.76. The van der Waals surface area contributed by atoms with Crippen LogP contribution in [0.1, 0.15) is 18.4 Å². The van der Waals surface area contributed by atoms with Crippen LogP contribution in [-0.4, -0.2) is 24.0 Å². The van der Waals surface area contributed by atoms with Crippen LogP contribution in [0.5, 0.6) is 0 Å². The summed E-state index contributed by atoms with van der Waals surface area (Å²) in [6.07, 6.45) is 6.06. The van der Waals surface area contributed by atoms with Gasteiger partial charge in [0.25, 0.3) is 0 Å². The van der Waals surface area contributed by atoms with Gasteiger partial charge in [-0.05, 0) is 25.5 Å². The van der Waals surface area contributed by atoms with Crippen LogP contribution in [0, 0.1) is 0 Å². The second kappa shape index (κ2) is 3.94. The third-order valence-corrected chi connectivity index (χ3v) is 2.74. The third-order valence-electron chi connectivity index (χ3n) is 2.74. The quantitative estimate of drug-likeness (QED) is 0.760. The summed E-state index contributed by atoms with van der Waals surface area (Å²) in [5, 5.41) is 0. The lowest BCUT2D eigenvalue weighted by Gasteiger charge is -2.21. The van der Waals surface area contributed by atoms with Gasteiger partial charge in [-0.15, -0.1) is 0 Å². The highest BCUT2D eigenvalue weighted by Gasteiger charge is 2.22. The molecule has 2 N–H and O–H groups in total. The molecule has 3 heteroatoms. The molecular formula is C10H16N2O. The highest BCUT2D eigenvalue weighted by Crippen LogP contribution is 2.18. The van der Waals surface area contributed by atoms with Gasteiger partial charge in [0.2, 0.25) is 0 Å². The first kappa shape index (κ1) is 8.78. The normalized spacial score (nSPS) is 23.9. The number of nitrogens with zero attached hydrogens (tertiary/aromatic N) is 1. The van der Waals surface area contributed by atoms with Crippen LogP contribution in [0.3, 0.4) is 0 Å². The monoisotopic (exact) mass is 180 g/mol. The second-order valence-corrected chi connectivity index (χ2v) is 3.63. The Balaban J connectivity index is 1.94. The van der Waals surface area contributed by atoms with Crippen molar-refractivity contribution >= 4 is 0 Å². The van der Waals surface area contributed by atoms with Crippen LogP contribution in [0.4, 0.5) is 0 Å². The maximum atomic E-state index is 5.69. The van der Waals surface area contributed by atoms with Gasteiger partial charge in [0.05, 0.1) is 12.5 Å². The Morgan fingerprint density at radius 3 is 3.23 bits per heavy atom. The Hall–Kier alpha value is -0.800. The zero-order valence-electron chi connectivity index (χ0n) is 7.78. The molecule has 0 spiro atoms. The van der Waals surface area contributed by atoms with Gasteiger partial charge in [0.15, 0.2) is 0 Å². The Labute approximate surface area is 78.5 Å². The maximum Gasteiger partial charge on any atom is 0.0947 e. The van der Waals surface area contributed by atoms with Crippen LogP contribution < -0.4 is 5.73 Å². The summed E-state index contributed by atoms with van der Waals surface area (Å²) in [5.74, 6) is 0. The Kier molecular flexibility index (Phi) is 2.66. The highest BCUT2D eigenvalue weighted by molar-refractivity contribution is 5.05. The van der Waals surface area contributed by atoms with Crippen LogP contribution >= 0.6 is 0 Å². The summed E-state index contributed by atoms with van der Waals surface area (Å²) < 4.78 is 5.04. The van der Waals surface area contributed by atoms with E-state index in [2.05, 4.69) is 4.90 Å². The largest absolute Gasteiger partial charge is 0.472 e. The molecule has 72 valence electrons. The first-order chi connectivity index (χ1) is 6.40. The lowest BCUT2D eigenvalue weighted by molar-refractivity contribution is 0.249. The van der Waals surface area contributed by atoms with E-state index < -0.39 is 0 Å². The van der Waals surface area contributed by atoms with E-state index in [1.165, 1.54) is 24.9 Å². The molecule has 13 heavy (non-hydrogen) atoms. The number of furan rings is 1. The summed E-state index contributed by atoms with van der Waals surface area (Å²) in [6.45, 7) is 2.93. The lowest BCUT2D eigenvalue weighted by atomic mass is 10.2. The minimum Gasteiger partial charge on any atom is -0.472 e. The standard InChI is InChI=1S/C10H16N2O/c11-6-10-2-1-4-12(10)7-9-3-5-13-8-9/h3,5,8,10H,1-2,4,6-7,11H2. The van der Waals surface area contributed by atoms with Gasteiger partial charge in [-0.2, -0.15) is 0 Å². The van der Waals surface area contributed by atoms with Crippen molar-refractivity contribution in [3.63, 3.8) is 0 Å². The summed E-state index contributed by atoms with van der Waals surface area (Å²) in [4.78, 5) is 2.44. The molecule has 1 atom stereocenters. The molecule has 0 amide bonds. The lowest BCUT2D eigenvalue weighted by Crippen LogP contribution is -2.34. The van der Waals surface area contributed by atoms with Gasteiger partial charge >= 0.3 is 0 Å². The fourth-order valence-corrected chi connectivity index (χ4v) is 1.99. The van der Waals surface area contributed by atoms with Gasteiger partial charge in [-0.1, -0.05) is 0 Å². The van der Waals surface area contributed by atoms with Crippen molar-refractivity contribution in [2.75, 3.05) is 13.1 Å². The van der Waals surface area contributed by atoms with E-state index >= 15 is 0 Å². The van der Waals surface area contributed by atoms with E-state index in [0.29, 0.717) is 6.04 Å². The predicted octanol–water partition coefficient (Wildman–Crippen LogP) is 1.20. The van der Waals surface area contributed by atoms with Crippen molar-refractivity contribution in [2.24, 2.45) is 5.73 Å². The van der Waals surface area contributed by atoms with Gasteiger partial charge in [0.1, 0.15) is 0 Å². The van der Waals surface area contributed by atoms with Gasteiger partial charge < -0.3 is 10.2 Å². The van der Waals surface area contributed by atoms with E-state index in [0.717, 1.165) is 13.1 Å². The molecule has 1 aromatic heterocycles. The average molecular weight is 180 g/mol. The summed E-state index contributed by atoms with van der Waals surface area (Å²) >= 11 is 0. The minimum atomic E-state index is 0.579. The van der Waals surface area contributed by atoms with Crippen LogP contribution in [0.2, 0.25) is 0 Å². The van der Waals surface area contributed by atoms with Gasteiger partial charge in [-0.3, -0.25) is 4.90 Å². The van der Waals surface area contributed by atoms with Crippen molar-refractivity contribution in [2.45, 2.75) is 25.4 Å². The number of hydrogen-bond donors (Lipinski definition) is 1. The molecular weight excluding hydrogens is 164 g/mol. The smallest absolute Gasteiger partial charge is 0.0947 e. The van der Waals surface area contributed by atoms with Crippen molar-refractivity contribution in [1.82, 2.24) is 4.90 Å². The number of hydrogen-bond acceptors (Lipinski definition) is 3. The van der Waals surface area contributed by atoms with Gasteiger partial charge in [0, 0.05) is 24.7 Å². The fourth-order valence-electron chi connectivity index (χ4n) is 1.99. The molecule has 1 aliphatic rings. The molecule has 0 aliphatic carbocycles. The number of nitrogens with two attached hydrogens (primary N) is 1. The van der Waals surface area contributed by atoms with E-state index in [1.807, 2.05) is 12.3 Å². The van der Waals surface area contributed by atoms with E-state index in [4.69, 9.17) is 10.2 Å². The molecule has 1 aromatic rings. The second-order valence-electron chi connectivity index (χ2n) is 3.63. The zero-order valence-corrected chi connectivity index (χ0v) is 7.78. The Morgan fingerprint density at radius 2 is 2.54 bits per heavy atom. The molecule has 1 saturated heterocycles. The van der Waals surface area contributed by atoms with E-state index in [1.54, 1.807) is 6.26 Å². The first-order valence-electron chi connectivity index (χ1n) is 4.85. The predicted molar refractivity (Wildman–Crippen MR) is 51.2 cm³/mol. The maximum absolute atomic E-state index is 5.69. The molecule has 3 nitrogen and oxygen atoms in total. The van der Waals surface area contributed by atoms with Crippen molar-refractivity contribution in [1.29, 1.82) is 0 Å². The van der Waals surface area contributed by atoms with Crippen molar-refractivity contribution in [3.8, 4) is 0 Å². The molecule has 0 aromatic carbocycles. The molecule has 0 saturated carbocycles. The van der Waals surface area contributed by atoms with Crippen LogP contribution in [0.25, 0.3) is 0 Å². The molecule has 0 radical (unpaired) electrons. The Morgan fingerprint density at radius 1 is 1.62 bits per heavy atom. The minimum absolute atomic E-state index is 0.579. The van der Waals surface area contributed by atoms with Crippen molar-refractivity contribution < 1.29 is 4.42 Å².